The molecular formula is C15H21N3O2. The normalized spacial score (nSPS) is 20.2. The van der Waals surface area contributed by atoms with E-state index in [-0.39, 0.29) is 0 Å². The van der Waals surface area contributed by atoms with Crippen molar-refractivity contribution >= 4 is 0 Å². The Labute approximate surface area is 118 Å². The fourth-order valence-corrected chi connectivity index (χ4v) is 2.75. The molecule has 20 heavy (non-hydrogen) atoms. The van der Waals surface area contributed by atoms with E-state index in [1.165, 1.54) is 19.3 Å². The average Bonchev–Trinajstić information content (AvgIpc) is 3.05. The summed E-state index contributed by atoms with van der Waals surface area (Å²) in [7, 11) is 2.16. The average molecular weight is 275 g/mol. The third-order valence-corrected chi connectivity index (χ3v) is 3.90. The van der Waals surface area contributed by atoms with Crippen molar-refractivity contribution in [2.45, 2.75) is 31.8 Å². The Hall–Kier alpha value is -1.59. The molecule has 2 aromatic rings. The summed E-state index contributed by atoms with van der Waals surface area (Å²) in [6.45, 7) is 3.05. The van der Waals surface area contributed by atoms with Gasteiger partial charge in [0.15, 0.2) is 5.76 Å². The summed E-state index contributed by atoms with van der Waals surface area (Å²) in [4.78, 5) is 2.37. The van der Waals surface area contributed by atoms with Crippen LogP contribution in [-0.2, 0) is 6.54 Å². The summed E-state index contributed by atoms with van der Waals surface area (Å²) in [6, 6.07) is 6.31. The van der Waals surface area contributed by atoms with E-state index < -0.39 is 0 Å². The van der Waals surface area contributed by atoms with Crippen LogP contribution in [0, 0.1) is 0 Å². The second kappa shape index (κ2) is 6.24. The summed E-state index contributed by atoms with van der Waals surface area (Å²) < 4.78 is 10.7. The van der Waals surface area contributed by atoms with Gasteiger partial charge in [-0.15, -0.1) is 0 Å². The van der Waals surface area contributed by atoms with E-state index in [0.717, 1.165) is 31.1 Å². The molecule has 2 aromatic heterocycles. The van der Waals surface area contributed by atoms with Crippen molar-refractivity contribution in [2.75, 3.05) is 20.1 Å². The maximum atomic E-state index is 5.34. The fraction of sp³-hybridized carbons (Fsp3) is 0.533. The molecule has 5 heteroatoms. The number of aromatic nitrogens is 1. The van der Waals surface area contributed by atoms with Gasteiger partial charge in [-0.2, -0.15) is 0 Å². The number of hydrogen-bond acceptors (Lipinski definition) is 5. The molecule has 1 aliphatic rings. The molecule has 0 saturated carbocycles. The lowest BCUT2D eigenvalue weighted by molar-refractivity contribution is 0.211. The van der Waals surface area contributed by atoms with Crippen molar-refractivity contribution in [3.8, 4) is 11.5 Å². The van der Waals surface area contributed by atoms with Gasteiger partial charge in [-0.25, -0.2) is 0 Å². The first-order valence-electron chi connectivity index (χ1n) is 7.23. The van der Waals surface area contributed by atoms with E-state index >= 15 is 0 Å². The Morgan fingerprint density at radius 1 is 1.35 bits per heavy atom. The third kappa shape index (κ3) is 3.11. The molecule has 3 heterocycles. The summed E-state index contributed by atoms with van der Waals surface area (Å²) in [6.07, 6.45) is 5.32. The molecule has 1 saturated heterocycles. The van der Waals surface area contributed by atoms with Crippen molar-refractivity contribution in [3.05, 3.63) is 30.2 Å². The maximum absolute atomic E-state index is 5.34. The highest BCUT2D eigenvalue weighted by Crippen LogP contribution is 2.22. The molecule has 0 spiro atoms. The monoisotopic (exact) mass is 275 g/mol. The van der Waals surface area contributed by atoms with Gasteiger partial charge < -0.3 is 14.3 Å². The number of nitrogens with zero attached hydrogens (tertiary/aromatic N) is 2. The zero-order chi connectivity index (χ0) is 13.8. The van der Waals surface area contributed by atoms with Crippen molar-refractivity contribution in [1.82, 2.24) is 15.4 Å². The minimum atomic E-state index is 0.619. The minimum Gasteiger partial charge on any atom is -0.461 e. The molecule has 0 radical (unpaired) electrons. The first-order valence-corrected chi connectivity index (χ1v) is 7.23. The predicted molar refractivity (Wildman–Crippen MR) is 76.2 cm³/mol. The van der Waals surface area contributed by atoms with Crippen molar-refractivity contribution < 1.29 is 8.94 Å². The first kappa shape index (κ1) is 13.4. The van der Waals surface area contributed by atoms with Crippen LogP contribution in [0.5, 0.6) is 0 Å². The smallest absolute Gasteiger partial charge is 0.202 e. The van der Waals surface area contributed by atoms with Gasteiger partial charge in [0.2, 0.25) is 5.76 Å². The highest BCUT2D eigenvalue weighted by atomic mass is 16.5. The van der Waals surface area contributed by atoms with E-state index in [1.807, 2.05) is 18.2 Å². The van der Waals surface area contributed by atoms with Crippen LogP contribution < -0.4 is 5.32 Å². The molecule has 1 atom stereocenters. The van der Waals surface area contributed by atoms with E-state index in [4.69, 9.17) is 8.94 Å². The Bertz CT molecular complexity index is 513. The SMILES string of the molecule is CN(Cc1cc(-c2ccco2)on1)C1CCCNCC1. The highest BCUT2D eigenvalue weighted by molar-refractivity contribution is 5.49. The summed E-state index contributed by atoms with van der Waals surface area (Å²) in [5.41, 5.74) is 0.955. The minimum absolute atomic E-state index is 0.619. The lowest BCUT2D eigenvalue weighted by Crippen LogP contribution is -2.32. The van der Waals surface area contributed by atoms with Crippen molar-refractivity contribution in [1.29, 1.82) is 0 Å². The molecule has 5 nitrogen and oxygen atoms in total. The molecule has 0 amide bonds. The van der Waals surface area contributed by atoms with Gasteiger partial charge in [0.05, 0.1) is 12.0 Å². The van der Waals surface area contributed by atoms with Gasteiger partial charge in [0.25, 0.3) is 0 Å². The molecule has 1 unspecified atom stereocenters. The molecular weight excluding hydrogens is 254 g/mol. The van der Waals surface area contributed by atoms with Crippen LogP contribution in [-0.4, -0.2) is 36.2 Å². The van der Waals surface area contributed by atoms with Crippen LogP contribution in [0.1, 0.15) is 25.0 Å². The van der Waals surface area contributed by atoms with E-state index in [0.29, 0.717) is 11.8 Å². The summed E-state index contributed by atoms with van der Waals surface area (Å²) in [5.74, 6) is 1.42. The van der Waals surface area contributed by atoms with Gasteiger partial charge in [-0.05, 0) is 51.5 Å². The summed E-state index contributed by atoms with van der Waals surface area (Å²) >= 11 is 0. The van der Waals surface area contributed by atoms with Gasteiger partial charge in [0, 0.05) is 18.7 Å². The molecule has 0 bridgehead atoms. The van der Waals surface area contributed by atoms with Gasteiger partial charge >= 0.3 is 0 Å². The fourth-order valence-electron chi connectivity index (χ4n) is 2.75. The number of hydrogen-bond donors (Lipinski definition) is 1. The Morgan fingerprint density at radius 2 is 2.30 bits per heavy atom. The predicted octanol–water partition coefficient (Wildman–Crippen LogP) is 2.51. The molecule has 1 N–H and O–H groups in total. The topological polar surface area (TPSA) is 54.4 Å². The zero-order valence-corrected chi connectivity index (χ0v) is 11.8. The van der Waals surface area contributed by atoms with E-state index in [9.17, 15) is 0 Å². The first-order chi connectivity index (χ1) is 9.83. The van der Waals surface area contributed by atoms with Crippen LogP contribution in [0.15, 0.2) is 33.4 Å². The van der Waals surface area contributed by atoms with Crippen LogP contribution in [0.2, 0.25) is 0 Å². The zero-order valence-electron chi connectivity index (χ0n) is 11.8. The van der Waals surface area contributed by atoms with Crippen LogP contribution in [0.4, 0.5) is 0 Å². The standard InChI is InChI=1S/C15H21N3O2/c1-18(13-4-2-7-16-8-6-13)11-12-10-15(20-17-12)14-5-3-9-19-14/h3,5,9-10,13,16H,2,4,6-8,11H2,1H3. The molecule has 0 aromatic carbocycles. The lowest BCUT2D eigenvalue weighted by Gasteiger charge is -2.25. The third-order valence-electron chi connectivity index (χ3n) is 3.90. The van der Waals surface area contributed by atoms with Crippen LogP contribution in [0.25, 0.3) is 11.5 Å². The molecule has 3 rings (SSSR count). The number of rotatable bonds is 4. The second-order valence-corrected chi connectivity index (χ2v) is 5.41. The van der Waals surface area contributed by atoms with E-state index in [2.05, 4.69) is 22.4 Å². The highest BCUT2D eigenvalue weighted by Gasteiger charge is 2.18. The van der Waals surface area contributed by atoms with Gasteiger partial charge in [-0.3, -0.25) is 4.90 Å². The number of nitrogens with one attached hydrogen (secondary N) is 1. The van der Waals surface area contributed by atoms with Gasteiger partial charge in [0.1, 0.15) is 0 Å². The Morgan fingerprint density at radius 3 is 3.15 bits per heavy atom. The van der Waals surface area contributed by atoms with E-state index in [1.54, 1.807) is 6.26 Å². The van der Waals surface area contributed by atoms with Crippen molar-refractivity contribution in [3.63, 3.8) is 0 Å². The molecule has 1 fully saturated rings. The second-order valence-electron chi connectivity index (χ2n) is 5.41. The van der Waals surface area contributed by atoms with Gasteiger partial charge in [-0.1, -0.05) is 5.16 Å². The largest absolute Gasteiger partial charge is 0.461 e. The Kier molecular flexibility index (Phi) is 4.18. The molecule has 0 aliphatic carbocycles. The lowest BCUT2D eigenvalue weighted by atomic mass is 10.1. The van der Waals surface area contributed by atoms with Crippen molar-refractivity contribution in [2.24, 2.45) is 0 Å². The van der Waals surface area contributed by atoms with Crippen LogP contribution >= 0.6 is 0 Å². The Balaban J connectivity index is 1.62. The number of furan rings is 1. The maximum Gasteiger partial charge on any atom is 0.202 e. The summed E-state index contributed by atoms with van der Waals surface area (Å²) in [5, 5.41) is 7.58. The quantitative estimate of drug-likeness (QED) is 0.929. The van der Waals surface area contributed by atoms with Crippen LogP contribution in [0.3, 0.4) is 0 Å². The molecule has 108 valence electrons. The molecule has 1 aliphatic heterocycles.